The van der Waals surface area contributed by atoms with Crippen LogP contribution < -0.4 is 4.74 Å². The standard InChI is InChI=1S/C15H21NO3/c1-10-6-7-14(19-3)12(9-10)11(2)16-8-4-5-13(16)15(17)18/h6-7,9,11,13H,4-5,8H2,1-3H3,(H,17,18). The van der Waals surface area contributed by atoms with Gasteiger partial charge in [-0.25, -0.2) is 0 Å². The fourth-order valence-corrected chi connectivity index (χ4v) is 2.88. The monoisotopic (exact) mass is 263 g/mol. The molecule has 0 bridgehead atoms. The first-order chi connectivity index (χ1) is 9.04. The summed E-state index contributed by atoms with van der Waals surface area (Å²) in [5.41, 5.74) is 2.23. The third-order valence-corrected chi connectivity index (χ3v) is 3.91. The maximum absolute atomic E-state index is 11.3. The second-order valence-corrected chi connectivity index (χ2v) is 5.16. The minimum absolute atomic E-state index is 0.0541. The van der Waals surface area contributed by atoms with Crippen LogP contribution >= 0.6 is 0 Å². The van der Waals surface area contributed by atoms with Gasteiger partial charge in [-0.15, -0.1) is 0 Å². The van der Waals surface area contributed by atoms with Gasteiger partial charge in [-0.2, -0.15) is 0 Å². The third kappa shape index (κ3) is 2.73. The number of carboxylic acid groups (broad SMARTS) is 1. The zero-order valence-electron chi connectivity index (χ0n) is 11.7. The van der Waals surface area contributed by atoms with Gasteiger partial charge in [0.2, 0.25) is 0 Å². The smallest absolute Gasteiger partial charge is 0.320 e. The molecule has 1 heterocycles. The molecule has 19 heavy (non-hydrogen) atoms. The van der Waals surface area contributed by atoms with Crippen LogP contribution in [0.15, 0.2) is 18.2 Å². The molecule has 0 saturated carbocycles. The van der Waals surface area contributed by atoms with Gasteiger partial charge in [0.25, 0.3) is 0 Å². The first-order valence-electron chi connectivity index (χ1n) is 6.67. The maximum Gasteiger partial charge on any atom is 0.320 e. The summed E-state index contributed by atoms with van der Waals surface area (Å²) in [5.74, 6) is 0.102. The van der Waals surface area contributed by atoms with E-state index >= 15 is 0 Å². The lowest BCUT2D eigenvalue weighted by Crippen LogP contribution is -2.37. The Morgan fingerprint density at radius 1 is 1.53 bits per heavy atom. The average Bonchev–Trinajstić information content (AvgIpc) is 2.87. The van der Waals surface area contributed by atoms with Crippen molar-refractivity contribution >= 4 is 5.97 Å². The summed E-state index contributed by atoms with van der Waals surface area (Å²) >= 11 is 0. The molecule has 1 saturated heterocycles. The van der Waals surface area contributed by atoms with Gasteiger partial charge in [-0.1, -0.05) is 17.7 Å². The molecule has 1 aromatic rings. The van der Waals surface area contributed by atoms with E-state index in [9.17, 15) is 9.90 Å². The van der Waals surface area contributed by atoms with Crippen LogP contribution in [0.3, 0.4) is 0 Å². The summed E-state index contributed by atoms with van der Waals surface area (Å²) in [6.07, 6.45) is 1.67. The van der Waals surface area contributed by atoms with E-state index in [1.54, 1.807) is 7.11 Å². The number of benzene rings is 1. The van der Waals surface area contributed by atoms with E-state index in [2.05, 4.69) is 17.9 Å². The van der Waals surface area contributed by atoms with Crippen LogP contribution in [-0.2, 0) is 4.79 Å². The van der Waals surface area contributed by atoms with Gasteiger partial charge >= 0.3 is 5.97 Å². The van der Waals surface area contributed by atoms with Gasteiger partial charge in [-0.05, 0) is 39.3 Å². The highest BCUT2D eigenvalue weighted by Gasteiger charge is 2.34. The quantitative estimate of drug-likeness (QED) is 0.907. The van der Waals surface area contributed by atoms with Crippen molar-refractivity contribution in [3.63, 3.8) is 0 Å². The number of hydrogen-bond donors (Lipinski definition) is 1. The van der Waals surface area contributed by atoms with Crippen molar-refractivity contribution in [2.75, 3.05) is 13.7 Å². The fourth-order valence-electron chi connectivity index (χ4n) is 2.88. The molecule has 2 rings (SSSR count). The summed E-state index contributed by atoms with van der Waals surface area (Å²) < 4.78 is 5.40. The highest BCUT2D eigenvalue weighted by Crippen LogP contribution is 2.34. The molecule has 0 aliphatic carbocycles. The summed E-state index contributed by atoms with van der Waals surface area (Å²) in [4.78, 5) is 13.4. The van der Waals surface area contributed by atoms with Crippen LogP contribution in [0.5, 0.6) is 5.75 Å². The van der Waals surface area contributed by atoms with Crippen LogP contribution in [0.4, 0.5) is 0 Å². The van der Waals surface area contributed by atoms with Gasteiger partial charge in [0, 0.05) is 11.6 Å². The number of carbonyl (C=O) groups is 1. The van der Waals surface area contributed by atoms with Crippen molar-refractivity contribution in [1.82, 2.24) is 4.90 Å². The number of methoxy groups -OCH3 is 1. The predicted octanol–water partition coefficient (Wildman–Crippen LogP) is 2.61. The van der Waals surface area contributed by atoms with Gasteiger partial charge in [0.1, 0.15) is 11.8 Å². The highest BCUT2D eigenvalue weighted by atomic mass is 16.5. The first-order valence-corrected chi connectivity index (χ1v) is 6.67. The molecule has 0 radical (unpaired) electrons. The van der Waals surface area contributed by atoms with Gasteiger partial charge in [0.05, 0.1) is 7.11 Å². The van der Waals surface area contributed by atoms with Crippen molar-refractivity contribution in [2.24, 2.45) is 0 Å². The zero-order valence-corrected chi connectivity index (χ0v) is 11.7. The van der Waals surface area contributed by atoms with E-state index in [4.69, 9.17) is 4.74 Å². The molecule has 0 spiro atoms. The Morgan fingerprint density at radius 3 is 2.89 bits per heavy atom. The predicted molar refractivity (Wildman–Crippen MR) is 73.5 cm³/mol. The Hall–Kier alpha value is -1.55. The molecule has 1 aliphatic heterocycles. The molecule has 104 valence electrons. The molecule has 2 atom stereocenters. The topological polar surface area (TPSA) is 49.8 Å². The van der Waals surface area contributed by atoms with Crippen molar-refractivity contribution in [2.45, 2.75) is 38.8 Å². The summed E-state index contributed by atoms with van der Waals surface area (Å²) in [6.45, 7) is 4.92. The average molecular weight is 263 g/mol. The Balaban J connectivity index is 2.30. The SMILES string of the molecule is COc1ccc(C)cc1C(C)N1CCCC1C(=O)O. The largest absolute Gasteiger partial charge is 0.496 e. The van der Waals surface area contributed by atoms with Crippen LogP contribution in [0, 0.1) is 6.92 Å². The molecule has 0 aromatic heterocycles. The number of aryl methyl sites for hydroxylation is 1. The zero-order chi connectivity index (χ0) is 14.0. The summed E-state index contributed by atoms with van der Waals surface area (Å²) in [7, 11) is 1.65. The van der Waals surface area contributed by atoms with Crippen LogP contribution in [0.25, 0.3) is 0 Å². The molecule has 1 aromatic carbocycles. The van der Waals surface area contributed by atoms with Gasteiger partial charge < -0.3 is 9.84 Å². The normalized spacial score (nSPS) is 21.3. The molecular weight excluding hydrogens is 242 g/mol. The number of ether oxygens (including phenoxy) is 1. The Morgan fingerprint density at radius 2 is 2.26 bits per heavy atom. The Kier molecular flexibility index (Phi) is 4.10. The number of rotatable bonds is 4. The highest BCUT2D eigenvalue weighted by molar-refractivity contribution is 5.74. The molecule has 0 amide bonds. The lowest BCUT2D eigenvalue weighted by molar-refractivity contribution is -0.142. The minimum atomic E-state index is -0.726. The van der Waals surface area contributed by atoms with E-state index in [0.717, 1.165) is 36.3 Å². The lowest BCUT2D eigenvalue weighted by Gasteiger charge is -2.29. The number of nitrogens with zero attached hydrogens (tertiary/aromatic N) is 1. The number of likely N-dealkylation sites (tertiary alicyclic amines) is 1. The minimum Gasteiger partial charge on any atom is -0.496 e. The molecule has 2 unspecified atom stereocenters. The maximum atomic E-state index is 11.3. The van der Waals surface area contributed by atoms with Crippen molar-refractivity contribution in [1.29, 1.82) is 0 Å². The number of aliphatic carboxylic acids is 1. The van der Waals surface area contributed by atoms with E-state index in [-0.39, 0.29) is 12.1 Å². The Bertz CT molecular complexity index is 472. The van der Waals surface area contributed by atoms with Gasteiger partial charge in [0.15, 0.2) is 0 Å². The third-order valence-electron chi connectivity index (χ3n) is 3.91. The molecular formula is C15H21NO3. The summed E-state index contributed by atoms with van der Waals surface area (Å²) in [6, 6.07) is 5.72. The van der Waals surface area contributed by atoms with E-state index in [1.165, 1.54) is 0 Å². The van der Waals surface area contributed by atoms with Crippen LogP contribution in [-0.4, -0.2) is 35.7 Å². The van der Waals surface area contributed by atoms with Crippen molar-refractivity contribution < 1.29 is 14.6 Å². The van der Waals surface area contributed by atoms with Crippen LogP contribution in [0.1, 0.15) is 36.9 Å². The lowest BCUT2D eigenvalue weighted by atomic mass is 10.0. The van der Waals surface area contributed by atoms with E-state index in [1.807, 2.05) is 19.1 Å². The second-order valence-electron chi connectivity index (χ2n) is 5.16. The van der Waals surface area contributed by atoms with Crippen molar-refractivity contribution in [3.8, 4) is 5.75 Å². The molecule has 4 nitrogen and oxygen atoms in total. The Labute approximate surface area is 114 Å². The first kappa shape index (κ1) is 13.9. The number of carboxylic acids is 1. The molecule has 1 fully saturated rings. The van der Waals surface area contributed by atoms with E-state index < -0.39 is 5.97 Å². The van der Waals surface area contributed by atoms with Gasteiger partial charge in [-0.3, -0.25) is 9.69 Å². The molecule has 1 N–H and O–H groups in total. The fraction of sp³-hybridized carbons (Fsp3) is 0.533. The molecule has 1 aliphatic rings. The van der Waals surface area contributed by atoms with Crippen LogP contribution in [0.2, 0.25) is 0 Å². The number of hydrogen-bond acceptors (Lipinski definition) is 3. The van der Waals surface area contributed by atoms with E-state index in [0.29, 0.717) is 0 Å². The second kappa shape index (κ2) is 5.61. The molecule has 4 heteroatoms. The van der Waals surface area contributed by atoms with Crippen molar-refractivity contribution in [3.05, 3.63) is 29.3 Å². The summed E-state index contributed by atoms with van der Waals surface area (Å²) in [5, 5.41) is 9.29.